The number of methoxy groups -OCH3 is 2. The third-order valence-electron chi connectivity index (χ3n) is 4.49. The topological polar surface area (TPSA) is 127 Å². The van der Waals surface area contributed by atoms with E-state index in [1.54, 1.807) is 49.6 Å². The molecule has 1 aromatic heterocycles. The van der Waals surface area contributed by atoms with Gasteiger partial charge < -0.3 is 25.2 Å². The van der Waals surface area contributed by atoms with Gasteiger partial charge in [0, 0.05) is 10.9 Å². The number of carbonyl (C=O) groups is 3. The fourth-order valence-electron chi connectivity index (χ4n) is 3.00. The molecule has 0 spiro atoms. The predicted octanol–water partition coefficient (Wildman–Crippen LogP) is 1.85. The monoisotopic (exact) mass is 423 g/mol. The summed E-state index contributed by atoms with van der Waals surface area (Å²) in [7, 11) is 3.07. The molecular formula is C22H21N3O6. The molecule has 0 aliphatic heterocycles. The van der Waals surface area contributed by atoms with E-state index in [2.05, 4.69) is 15.6 Å². The first-order valence-corrected chi connectivity index (χ1v) is 9.31. The Labute approximate surface area is 178 Å². The first kappa shape index (κ1) is 21.6. The van der Waals surface area contributed by atoms with Crippen LogP contribution in [0.3, 0.4) is 0 Å². The first-order chi connectivity index (χ1) is 14.9. The molecule has 3 N–H and O–H groups in total. The largest absolute Gasteiger partial charge is 0.493 e. The number of pyridine rings is 1. The highest BCUT2D eigenvalue weighted by molar-refractivity contribution is 6.08. The molecule has 31 heavy (non-hydrogen) atoms. The molecule has 0 fully saturated rings. The maximum atomic E-state index is 12.8. The van der Waals surface area contributed by atoms with Gasteiger partial charge in [0.1, 0.15) is 6.54 Å². The third kappa shape index (κ3) is 5.08. The van der Waals surface area contributed by atoms with E-state index in [4.69, 9.17) is 14.6 Å². The molecule has 1 heterocycles. The Bertz CT molecular complexity index is 1150. The Balaban J connectivity index is 1.94. The van der Waals surface area contributed by atoms with Crippen molar-refractivity contribution in [2.24, 2.45) is 0 Å². The van der Waals surface area contributed by atoms with Crippen molar-refractivity contribution in [2.75, 3.05) is 27.3 Å². The number of hydrogen-bond donors (Lipinski definition) is 3. The SMILES string of the molecule is COc1ccc(-c2cc(C(=O)NCC(=O)NCC(=O)O)c3ccccc3n2)cc1OC. The number of carbonyl (C=O) groups excluding carboxylic acids is 2. The number of benzene rings is 2. The van der Waals surface area contributed by atoms with Gasteiger partial charge in [0.05, 0.1) is 37.5 Å². The minimum absolute atomic E-state index is 0.335. The number of aliphatic carboxylic acids is 1. The van der Waals surface area contributed by atoms with Crippen LogP contribution in [0.2, 0.25) is 0 Å². The van der Waals surface area contributed by atoms with Gasteiger partial charge in [-0.15, -0.1) is 0 Å². The second-order valence-electron chi connectivity index (χ2n) is 6.50. The molecular weight excluding hydrogens is 402 g/mol. The van der Waals surface area contributed by atoms with E-state index in [9.17, 15) is 14.4 Å². The normalized spacial score (nSPS) is 10.4. The summed E-state index contributed by atoms with van der Waals surface area (Å²) in [4.78, 5) is 39.8. The van der Waals surface area contributed by atoms with Crippen molar-refractivity contribution in [3.63, 3.8) is 0 Å². The Morgan fingerprint density at radius 3 is 2.39 bits per heavy atom. The first-order valence-electron chi connectivity index (χ1n) is 9.31. The molecule has 3 aromatic rings. The number of nitrogens with one attached hydrogen (secondary N) is 2. The van der Waals surface area contributed by atoms with Gasteiger partial charge in [-0.25, -0.2) is 4.98 Å². The van der Waals surface area contributed by atoms with Crippen LogP contribution in [0.25, 0.3) is 22.2 Å². The van der Waals surface area contributed by atoms with E-state index in [1.165, 1.54) is 7.11 Å². The number of rotatable bonds is 8. The summed E-state index contributed by atoms with van der Waals surface area (Å²) in [5.41, 5.74) is 2.20. The number of hydrogen-bond acceptors (Lipinski definition) is 6. The van der Waals surface area contributed by atoms with Crippen molar-refractivity contribution >= 4 is 28.7 Å². The number of ether oxygens (including phenoxy) is 2. The molecule has 0 saturated carbocycles. The lowest BCUT2D eigenvalue weighted by molar-refractivity contribution is -0.137. The average Bonchev–Trinajstić information content (AvgIpc) is 2.79. The molecule has 9 nitrogen and oxygen atoms in total. The minimum atomic E-state index is -1.17. The molecule has 0 atom stereocenters. The number of nitrogens with zero attached hydrogens (tertiary/aromatic N) is 1. The number of para-hydroxylation sites is 1. The molecule has 3 rings (SSSR count). The van der Waals surface area contributed by atoms with Gasteiger partial charge in [-0.05, 0) is 30.3 Å². The number of carboxylic acids is 1. The number of carboxylic acid groups (broad SMARTS) is 1. The third-order valence-corrected chi connectivity index (χ3v) is 4.49. The van der Waals surface area contributed by atoms with Gasteiger partial charge in [0.25, 0.3) is 5.91 Å². The lowest BCUT2D eigenvalue weighted by Gasteiger charge is -2.12. The zero-order valence-corrected chi connectivity index (χ0v) is 17.0. The highest BCUT2D eigenvalue weighted by Gasteiger charge is 2.16. The van der Waals surface area contributed by atoms with Gasteiger partial charge in [-0.2, -0.15) is 0 Å². The molecule has 2 aromatic carbocycles. The van der Waals surface area contributed by atoms with Crippen molar-refractivity contribution in [3.8, 4) is 22.8 Å². The van der Waals surface area contributed by atoms with E-state index in [0.29, 0.717) is 33.7 Å². The second-order valence-corrected chi connectivity index (χ2v) is 6.50. The lowest BCUT2D eigenvalue weighted by Crippen LogP contribution is -2.39. The molecule has 0 radical (unpaired) electrons. The Kier molecular flexibility index (Phi) is 6.66. The highest BCUT2D eigenvalue weighted by Crippen LogP contribution is 2.33. The van der Waals surface area contributed by atoms with Gasteiger partial charge in [0.15, 0.2) is 11.5 Å². The average molecular weight is 423 g/mol. The molecule has 0 unspecified atom stereocenters. The number of amides is 2. The van der Waals surface area contributed by atoms with Crippen molar-refractivity contribution in [2.45, 2.75) is 0 Å². The fourth-order valence-corrected chi connectivity index (χ4v) is 3.00. The van der Waals surface area contributed by atoms with Crippen LogP contribution >= 0.6 is 0 Å². The van der Waals surface area contributed by atoms with E-state index < -0.39 is 24.3 Å². The van der Waals surface area contributed by atoms with Crippen LogP contribution < -0.4 is 20.1 Å². The predicted molar refractivity (Wildman–Crippen MR) is 113 cm³/mol. The van der Waals surface area contributed by atoms with Crippen LogP contribution in [0.15, 0.2) is 48.5 Å². The Morgan fingerprint density at radius 2 is 1.68 bits per heavy atom. The standard InChI is InChI=1S/C22H21N3O6/c1-30-18-8-7-13(9-19(18)31-2)17-10-15(14-5-3-4-6-16(14)25-17)22(29)24-11-20(26)23-12-21(27)28/h3-10H,11-12H2,1-2H3,(H,23,26)(H,24,29)(H,27,28). The van der Waals surface area contributed by atoms with Crippen molar-refractivity contribution in [1.82, 2.24) is 15.6 Å². The quantitative estimate of drug-likeness (QED) is 0.505. The maximum absolute atomic E-state index is 12.8. The maximum Gasteiger partial charge on any atom is 0.322 e. The van der Waals surface area contributed by atoms with Crippen LogP contribution in [-0.2, 0) is 9.59 Å². The van der Waals surface area contributed by atoms with Gasteiger partial charge in [0.2, 0.25) is 5.91 Å². The summed E-state index contributed by atoms with van der Waals surface area (Å²) in [6.45, 7) is -0.870. The molecule has 2 amide bonds. The van der Waals surface area contributed by atoms with Crippen LogP contribution in [0.5, 0.6) is 11.5 Å². The summed E-state index contributed by atoms with van der Waals surface area (Å²) in [5.74, 6) is -1.16. The molecule has 9 heteroatoms. The minimum Gasteiger partial charge on any atom is -0.493 e. The van der Waals surface area contributed by atoms with Gasteiger partial charge in [-0.1, -0.05) is 18.2 Å². The van der Waals surface area contributed by atoms with E-state index >= 15 is 0 Å². The molecule has 0 aliphatic carbocycles. The summed E-state index contributed by atoms with van der Waals surface area (Å²) in [6.07, 6.45) is 0. The van der Waals surface area contributed by atoms with Crippen LogP contribution in [0.1, 0.15) is 10.4 Å². The summed E-state index contributed by atoms with van der Waals surface area (Å²) in [5, 5.41) is 14.0. The number of aromatic nitrogens is 1. The van der Waals surface area contributed by atoms with Crippen molar-refractivity contribution in [3.05, 3.63) is 54.1 Å². The van der Waals surface area contributed by atoms with Crippen LogP contribution in [0.4, 0.5) is 0 Å². The molecule has 160 valence electrons. The summed E-state index contributed by atoms with van der Waals surface area (Å²) in [6, 6.07) is 14.1. The molecule has 0 bridgehead atoms. The van der Waals surface area contributed by atoms with E-state index in [-0.39, 0.29) is 6.54 Å². The molecule has 0 aliphatic rings. The summed E-state index contributed by atoms with van der Waals surface area (Å²) >= 11 is 0. The van der Waals surface area contributed by atoms with Gasteiger partial charge in [-0.3, -0.25) is 14.4 Å². The van der Waals surface area contributed by atoms with Crippen LogP contribution in [-0.4, -0.2) is 55.2 Å². The molecule has 0 saturated heterocycles. The highest BCUT2D eigenvalue weighted by atomic mass is 16.5. The van der Waals surface area contributed by atoms with Crippen molar-refractivity contribution in [1.29, 1.82) is 0 Å². The van der Waals surface area contributed by atoms with E-state index in [1.807, 2.05) is 6.07 Å². The Hall–Kier alpha value is -4.14. The second kappa shape index (κ2) is 9.57. The smallest absolute Gasteiger partial charge is 0.322 e. The van der Waals surface area contributed by atoms with Gasteiger partial charge >= 0.3 is 5.97 Å². The Morgan fingerprint density at radius 1 is 0.935 bits per heavy atom. The summed E-state index contributed by atoms with van der Waals surface area (Å²) < 4.78 is 10.6. The van der Waals surface area contributed by atoms with Crippen LogP contribution in [0, 0.1) is 0 Å². The van der Waals surface area contributed by atoms with E-state index in [0.717, 1.165) is 5.56 Å². The van der Waals surface area contributed by atoms with Crippen molar-refractivity contribution < 1.29 is 29.0 Å². The zero-order chi connectivity index (χ0) is 22.4. The number of fused-ring (bicyclic) bond motifs is 1. The zero-order valence-electron chi connectivity index (χ0n) is 17.0. The fraction of sp³-hybridized carbons (Fsp3) is 0.182. The lowest BCUT2D eigenvalue weighted by atomic mass is 10.0.